The van der Waals surface area contributed by atoms with Crippen molar-refractivity contribution in [3.8, 4) is 0 Å². The highest BCUT2D eigenvalue weighted by Gasteiger charge is 2.08. The molecule has 25 heavy (non-hydrogen) atoms. The maximum absolute atomic E-state index is 12.4. The molecule has 0 spiro atoms. The number of hydrogen-bond acceptors (Lipinski definition) is 4. The lowest BCUT2D eigenvalue weighted by Crippen LogP contribution is -2.35. The number of hydrogen-bond donors (Lipinski definition) is 2. The fraction of sp³-hybridized carbons (Fsp3) is 0.222. The maximum Gasteiger partial charge on any atom is 0.328 e. The van der Waals surface area contributed by atoms with E-state index >= 15 is 0 Å². The van der Waals surface area contributed by atoms with Gasteiger partial charge in [-0.05, 0) is 36.2 Å². The third-order valence-corrected chi connectivity index (χ3v) is 3.91. The van der Waals surface area contributed by atoms with Gasteiger partial charge in [-0.15, -0.1) is 0 Å². The summed E-state index contributed by atoms with van der Waals surface area (Å²) in [5.74, 6) is -0.123. The van der Waals surface area contributed by atoms with Crippen molar-refractivity contribution in [2.24, 2.45) is 0 Å². The van der Waals surface area contributed by atoms with Gasteiger partial charge in [0.2, 0.25) is 5.91 Å². The second-order valence-electron chi connectivity index (χ2n) is 5.67. The molecule has 2 aromatic heterocycles. The molecular formula is C18H18N4O3. The average molecular weight is 338 g/mol. The van der Waals surface area contributed by atoms with Crippen LogP contribution in [0.25, 0.3) is 10.9 Å². The second kappa shape index (κ2) is 7.57. The molecule has 0 bridgehead atoms. The van der Waals surface area contributed by atoms with E-state index in [1.54, 1.807) is 36.7 Å². The van der Waals surface area contributed by atoms with Crippen LogP contribution in [0.1, 0.15) is 18.4 Å². The summed E-state index contributed by atoms with van der Waals surface area (Å²) in [5, 5.41) is 3.27. The summed E-state index contributed by atoms with van der Waals surface area (Å²) in [5.41, 5.74) is 0.687. The van der Waals surface area contributed by atoms with Crippen LogP contribution >= 0.6 is 0 Å². The van der Waals surface area contributed by atoms with E-state index in [0.29, 0.717) is 23.9 Å². The third-order valence-electron chi connectivity index (χ3n) is 3.91. The summed E-state index contributed by atoms with van der Waals surface area (Å²) in [6.45, 7) is 0.625. The number of nitrogens with one attached hydrogen (secondary N) is 2. The van der Waals surface area contributed by atoms with E-state index < -0.39 is 5.69 Å². The number of aromatic amines is 1. The standard InChI is InChI=1S/C18H18N4O3/c23-16(20-12-13-7-9-19-10-8-13)6-3-11-22-17(24)14-4-1-2-5-15(14)21-18(22)25/h1-2,4-5,7-10H,3,6,11-12H2,(H,20,23)(H,21,25). The van der Waals surface area contributed by atoms with E-state index in [4.69, 9.17) is 0 Å². The van der Waals surface area contributed by atoms with Gasteiger partial charge in [0.15, 0.2) is 0 Å². The van der Waals surface area contributed by atoms with Crippen molar-refractivity contribution in [3.63, 3.8) is 0 Å². The van der Waals surface area contributed by atoms with Crippen LogP contribution in [0, 0.1) is 0 Å². The molecule has 3 aromatic rings. The van der Waals surface area contributed by atoms with E-state index in [1.807, 2.05) is 12.1 Å². The van der Waals surface area contributed by atoms with Crippen LogP contribution in [0.15, 0.2) is 58.4 Å². The lowest BCUT2D eigenvalue weighted by Gasteiger charge is -2.07. The third kappa shape index (κ3) is 4.00. The highest BCUT2D eigenvalue weighted by molar-refractivity contribution is 5.77. The molecule has 2 heterocycles. The minimum absolute atomic E-state index is 0.123. The number of fused-ring (bicyclic) bond motifs is 1. The number of aromatic nitrogens is 3. The zero-order chi connectivity index (χ0) is 17.6. The van der Waals surface area contributed by atoms with E-state index in [9.17, 15) is 14.4 Å². The van der Waals surface area contributed by atoms with Gasteiger partial charge >= 0.3 is 5.69 Å². The van der Waals surface area contributed by atoms with Gasteiger partial charge in [0.1, 0.15) is 0 Å². The Morgan fingerprint density at radius 2 is 1.88 bits per heavy atom. The number of rotatable bonds is 6. The highest BCUT2D eigenvalue weighted by Crippen LogP contribution is 2.03. The molecule has 7 heteroatoms. The quantitative estimate of drug-likeness (QED) is 0.705. The summed E-state index contributed by atoms with van der Waals surface area (Å²) in [6.07, 6.45) is 3.98. The van der Waals surface area contributed by atoms with Gasteiger partial charge in [0.05, 0.1) is 10.9 Å². The van der Waals surface area contributed by atoms with E-state index in [-0.39, 0.29) is 24.4 Å². The molecule has 2 N–H and O–H groups in total. The van der Waals surface area contributed by atoms with Crippen molar-refractivity contribution in [2.45, 2.75) is 25.9 Å². The predicted octanol–water partition coefficient (Wildman–Crippen LogP) is 1.18. The van der Waals surface area contributed by atoms with Gasteiger partial charge in [-0.25, -0.2) is 4.79 Å². The van der Waals surface area contributed by atoms with Crippen molar-refractivity contribution >= 4 is 16.8 Å². The zero-order valence-corrected chi connectivity index (χ0v) is 13.6. The molecule has 0 radical (unpaired) electrons. The summed E-state index contributed by atoms with van der Waals surface area (Å²) in [6, 6.07) is 10.5. The van der Waals surface area contributed by atoms with Gasteiger partial charge in [0, 0.05) is 31.9 Å². The van der Waals surface area contributed by atoms with E-state index in [1.165, 1.54) is 0 Å². The summed E-state index contributed by atoms with van der Waals surface area (Å²) in [7, 11) is 0. The summed E-state index contributed by atoms with van der Waals surface area (Å²) in [4.78, 5) is 42.9. The van der Waals surface area contributed by atoms with Crippen LogP contribution in [0.4, 0.5) is 0 Å². The first-order valence-electron chi connectivity index (χ1n) is 8.02. The van der Waals surface area contributed by atoms with Crippen LogP contribution in [0.2, 0.25) is 0 Å². The molecule has 1 amide bonds. The summed E-state index contributed by atoms with van der Waals surface area (Å²) >= 11 is 0. The zero-order valence-electron chi connectivity index (χ0n) is 13.6. The molecule has 0 fully saturated rings. The number of benzene rings is 1. The molecule has 7 nitrogen and oxygen atoms in total. The van der Waals surface area contributed by atoms with Gasteiger partial charge in [-0.3, -0.25) is 19.1 Å². The van der Waals surface area contributed by atoms with Crippen LogP contribution in [0.3, 0.4) is 0 Å². The molecule has 0 saturated heterocycles. The smallest absolute Gasteiger partial charge is 0.328 e. The van der Waals surface area contributed by atoms with Crippen LogP contribution in [-0.2, 0) is 17.9 Å². The van der Waals surface area contributed by atoms with E-state index in [2.05, 4.69) is 15.3 Å². The maximum atomic E-state index is 12.4. The lowest BCUT2D eigenvalue weighted by atomic mass is 10.2. The number of amides is 1. The fourth-order valence-corrected chi connectivity index (χ4v) is 2.59. The topological polar surface area (TPSA) is 96.9 Å². The number of pyridine rings is 1. The first-order chi connectivity index (χ1) is 12.1. The Bertz CT molecular complexity index is 992. The van der Waals surface area contributed by atoms with Crippen molar-refractivity contribution < 1.29 is 4.79 Å². The van der Waals surface area contributed by atoms with E-state index in [0.717, 1.165) is 10.1 Å². The van der Waals surface area contributed by atoms with Gasteiger partial charge in [0.25, 0.3) is 5.56 Å². The Morgan fingerprint density at radius 3 is 2.68 bits per heavy atom. The SMILES string of the molecule is O=C(CCCn1c(=O)[nH]c2ccccc2c1=O)NCc1ccncc1. The molecule has 1 aromatic carbocycles. The molecule has 3 rings (SSSR count). The first kappa shape index (κ1) is 16.6. The monoisotopic (exact) mass is 338 g/mol. The molecule has 0 unspecified atom stereocenters. The molecule has 0 aliphatic rings. The fourth-order valence-electron chi connectivity index (χ4n) is 2.59. The number of H-pyrrole nitrogens is 1. The number of carbonyl (C=O) groups excluding carboxylic acids is 1. The van der Waals surface area contributed by atoms with Gasteiger partial charge in [-0.2, -0.15) is 0 Å². The Labute approximate surface area is 143 Å². The minimum atomic E-state index is -0.458. The Balaban J connectivity index is 1.59. The Morgan fingerprint density at radius 1 is 1.12 bits per heavy atom. The summed E-state index contributed by atoms with van der Waals surface area (Å²) < 4.78 is 1.14. The van der Waals surface area contributed by atoms with Gasteiger partial charge in [-0.1, -0.05) is 12.1 Å². The number of para-hydroxylation sites is 1. The number of carbonyl (C=O) groups is 1. The van der Waals surface area contributed by atoms with Crippen LogP contribution < -0.4 is 16.6 Å². The molecule has 0 aliphatic carbocycles. The molecule has 0 saturated carbocycles. The largest absolute Gasteiger partial charge is 0.352 e. The molecule has 0 aliphatic heterocycles. The molecule has 0 atom stereocenters. The Kier molecular flexibility index (Phi) is 5.03. The molecular weight excluding hydrogens is 320 g/mol. The van der Waals surface area contributed by atoms with Crippen LogP contribution in [0.5, 0.6) is 0 Å². The minimum Gasteiger partial charge on any atom is -0.352 e. The lowest BCUT2D eigenvalue weighted by molar-refractivity contribution is -0.121. The normalized spacial score (nSPS) is 10.7. The van der Waals surface area contributed by atoms with Crippen LogP contribution in [-0.4, -0.2) is 20.4 Å². The van der Waals surface area contributed by atoms with Crippen molar-refractivity contribution in [1.82, 2.24) is 19.9 Å². The molecule has 128 valence electrons. The second-order valence-corrected chi connectivity index (χ2v) is 5.67. The first-order valence-corrected chi connectivity index (χ1v) is 8.02. The Hall–Kier alpha value is -3.22. The highest BCUT2D eigenvalue weighted by atomic mass is 16.2. The van der Waals surface area contributed by atoms with Crippen molar-refractivity contribution in [3.05, 3.63) is 75.2 Å². The van der Waals surface area contributed by atoms with Crippen molar-refractivity contribution in [1.29, 1.82) is 0 Å². The predicted molar refractivity (Wildman–Crippen MR) is 94.1 cm³/mol. The number of nitrogens with zero attached hydrogens (tertiary/aromatic N) is 2. The van der Waals surface area contributed by atoms with Gasteiger partial charge < -0.3 is 10.3 Å². The van der Waals surface area contributed by atoms with Crippen molar-refractivity contribution in [2.75, 3.05) is 0 Å². The average Bonchev–Trinajstić information content (AvgIpc) is 2.63.